The molecule has 0 unspecified atom stereocenters. The summed E-state index contributed by atoms with van der Waals surface area (Å²) in [6.45, 7) is 3.85. The Bertz CT molecular complexity index is 168. The van der Waals surface area contributed by atoms with Crippen LogP contribution in [0.1, 0.15) is 26.7 Å². The lowest BCUT2D eigenvalue weighted by Gasteiger charge is -2.08. The van der Waals surface area contributed by atoms with Crippen LogP contribution >= 0.6 is 0 Å². The SMILES string of the molecule is CC(C)OC1=CCCC1=O. The second kappa shape index (κ2) is 2.86. The molecule has 0 aromatic carbocycles. The largest absolute Gasteiger partial charge is 0.488 e. The van der Waals surface area contributed by atoms with Crippen molar-refractivity contribution in [2.45, 2.75) is 32.8 Å². The third kappa shape index (κ3) is 1.59. The van der Waals surface area contributed by atoms with Crippen molar-refractivity contribution in [1.82, 2.24) is 0 Å². The van der Waals surface area contributed by atoms with E-state index in [0.717, 1.165) is 6.42 Å². The molecule has 0 fully saturated rings. The van der Waals surface area contributed by atoms with Crippen LogP contribution < -0.4 is 0 Å². The summed E-state index contributed by atoms with van der Waals surface area (Å²) in [4.78, 5) is 10.9. The summed E-state index contributed by atoms with van der Waals surface area (Å²) >= 11 is 0. The molecular weight excluding hydrogens is 128 g/mol. The van der Waals surface area contributed by atoms with Crippen LogP contribution in [0.15, 0.2) is 11.8 Å². The van der Waals surface area contributed by atoms with E-state index in [1.807, 2.05) is 19.9 Å². The zero-order valence-electron chi connectivity index (χ0n) is 6.39. The highest BCUT2D eigenvalue weighted by molar-refractivity contribution is 5.95. The predicted octanol–water partition coefficient (Wildman–Crippen LogP) is 1.66. The second-order valence-corrected chi connectivity index (χ2v) is 2.70. The van der Waals surface area contributed by atoms with E-state index in [0.29, 0.717) is 12.2 Å². The molecule has 0 amide bonds. The van der Waals surface area contributed by atoms with Gasteiger partial charge in [0, 0.05) is 6.42 Å². The van der Waals surface area contributed by atoms with Gasteiger partial charge in [-0.15, -0.1) is 0 Å². The van der Waals surface area contributed by atoms with E-state index in [2.05, 4.69) is 0 Å². The fraction of sp³-hybridized carbons (Fsp3) is 0.625. The van der Waals surface area contributed by atoms with Crippen LogP contribution in [0, 0.1) is 0 Å². The molecule has 0 N–H and O–H groups in total. The lowest BCUT2D eigenvalue weighted by Crippen LogP contribution is -2.06. The lowest BCUT2D eigenvalue weighted by atomic mass is 10.3. The Kier molecular flexibility index (Phi) is 2.10. The first-order valence-electron chi connectivity index (χ1n) is 3.60. The van der Waals surface area contributed by atoms with Crippen molar-refractivity contribution < 1.29 is 9.53 Å². The lowest BCUT2D eigenvalue weighted by molar-refractivity contribution is -0.118. The molecule has 0 bridgehead atoms. The van der Waals surface area contributed by atoms with Gasteiger partial charge in [0.1, 0.15) is 0 Å². The van der Waals surface area contributed by atoms with Crippen molar-refractivity contribution in [3.05, 3.63) is 11.8 Å². The molecule has 0 aliphatic heterocycles. The molecule has 2 heteroatoms. The highest BCUT2D eigenvalue weighted by atomic mass is 16.5. The Morgan fingerprint density at radius 2 is 2.30 bits per heavy atom. The van der Waals surface area contributed by atoms with Crippen LogP contribution in [0.2, 0.25) is 0 Å². The minimum Gasteiger partial charge on any atom is -0.488 e. The number of Topliss-reactive ketones (excluding diaryl/α,β-unsaturated/α-hetero) is 1. The topological polar surface area (TPSA) is 26.3 Å². The molecule has 0 spiro atoms. The number of hydrogen-bond donors (Lipinski definition) is 0. The Labute approximate surface area is 60.9 Å². The number of allylic oxidation sites excluding steroid dienone is 2. The van der Waals surface area contributed by atoms with Crippen molar-refractivity contribution in [1.29, 1.82) is 0 Å². The van der Waals surface area contributed by atoms with Gasteiger partial charge < -0.3 is 4.74 Å². The molecule has 0 aromatic heterocycles. The molecule has 2 nitrogen and oxygen atoms in total. The monoisotopic (exact) mass is 140 g/mol. The smallest absolute Gasteiger partial charge is 0.197 e. The molecule has 1 rings (SSSR count). The van der Waals surface area contributed by atoms with Gasteiger partial charge in [-0.2, -0.15) is 0 Å². The summed E-state index contributed by atoms with van der Waals surface area (Å²) in [5, 5.41) is 0. The minimum absolute atomic E-state index is 0.119. The van der Waals surface area contributed by atoms with Gasteiger partial charge in [0.2, 0.25) is 0 Å². The molecule has 1 aliphatic carbocycles. The summed E-state index contributed by atoms with van der Waals surface area (Å²) in [5.74, 6) is 0.712. The Morgan fingerprint density at radius 3 is 2.70 bits per heavy atom. The van der Waals surface area contributed by atoms with Gasteiger partial charge in [0.15, 0.2) is 11.5 Å². The zero-order chi connectivity index (χ0) is 7.56. The maximum absolute atomic E-state index is 10.9. The van der Waals surface area contributed by atoms with Gasteiger partial charge >= 0.3 is 0 Å². The number of rotatable bonds is 2. The second-order valence-electron chi connectivity index (χ2n) is 2.70. The fourth-order valence-electron chi connectivity index (χ4n) is 0.939. The summed E-state index contributed by atoms with van der Waals surface area (Å²) in [6, 6.07) is 0. The van der Waals surface area contributed by atoms with Crippen molar-refractivity contribution in [2.24, 2.45) is 0 Å². The molecule has 0 saturated heterocycles. The summed E-state index contributed by atoms with van der Waals surface area (Å²) in [7, 11) is 0. The van der Waals surface area contributed by atoms with Gasteiger partial charge in [-0.05, 0) is 26.3 Å². The maximum atomic E-state index is 10.9. The molecular formula is C8H12O2. The Morgan fingerprint density at radius 1 is 1.60 bits per heavy atom. The highest BCUT2D eigenvalue weighted by Crippen LogP contribution is 2.15. The summed E-state index contributed by atoms with van der Waals surface area (Å²) in [5.41, 5.74) is 0. The summed E-state index contributed by atoms with van der Waals surface area (Å²) in [6.07, 6.45) is 3.46. The standard InChI is InChI=1S/C8H12O2/c1-6(2)10-8-5-3-4-7(8)9/h5-6H,3-4H2,1-2H3. The third-order valence-electron chi connectivity index (χ3n) is 1.34. The molecule has 0 heterocycles. The fourth-order valence-corrected chi connectivity index (χ4v) is 0.939. The number of hydrogen-bond acceptors (Lipinski definition) is 2. The minimum atomic E-state index is 0.119. The van der Waals surface area contributed by atoms with Crippen LogP contribution in [0.25, 0.3) is 0 Å². The highest BCUT2D eigenvalue weighted by Gasteiger charge is 2.16. The van der Waals surface area contributed by atoms with Gasteiger partial charge in [0.25, 0.3) is 0 Å². The molecule has 10 heavy (non-hydrogen) atoms. The number of carbonyl (C=O) groups is 1. The van der Waals surface area contributed by atoms with E-state index in [1.54, 1.807) is 0 Å². The maximum Gasteiger partial charge on any atom is 0.197 e. The molecule has 0 atom stereocenters. The number of carbonyl (C=O) groups excluding carboxylic acids is 1. The van der Waals surface area contributed by atoms with E-state index in [1.165, 1.54) is 0 Å². The van der Waals surface area contributed by atoms with E-state index in [9.17, 15) is 4.79 Å². The zero-order valence-corrected chi connectivity index (χ0v) is 6.39. The molecule has 0 saturated carbocycles. The average molecular weight is 140 g/mol. The van der Waals surface area contributed by atoms with Crippen molar-refractivity contribution in [2.75, 3.05) is 0 Å². The first-order valence-corrected chi connectivity index (χ1v) is 3.60. The Balaban J connectivity index is 2.48. The van der Waals surface area contributed by atoms with Crippen LogP contribution in [0.4, 0.5) is 0 Å². The van der Waals surface area contributed by atoms with Crippen molar-refractivity contribution in [3.8, 4) is 0 Å². The summed E-state index contributed by atoms with van der Waals surface area (Å²) < 4.78 is 5.23. The van der Waals surface area contributed by atoms with Gasteiger partial charge in [0.05, 0.1) is 6.10 Å². The first-order chi connectivity index (χ1) is 4.70. The third-order valence-corrected chi connectivity index (χ3v) is 1.34. The van der Waals surface area contributed by atoms with Gasteiger partial charge in [-0.1, -0.05) is 0 Å². The first kappa shape index (κ1) is 7.32. The van der Waals surface area contributed by atoms with Gasteiger partial charge in [-0.25, -0.2) is 0 Å². The van der Waals surface area contributed by atoms with Crippen molar-refractivity contribution in [3.63, 3.8) is 0 Å². The Hall–Kier alpha value is -0.790. The van der Waals surface area contributed by atoms with Crippen molar-refractivity contribution >= 4 is 5.78 Å². The number of ether oxygens (including phenoxy) is 1. The van der Waals surface area contributed by atoms with Crippen LogP contribution in [0.3, 0.4) is 0 Å². The van der Waals surface area contributed by atoms with E-state index in [-0.39, 0.29) is 11.9 Å². The molecule has 56 valence electrons. The quantitative estimate of drug-likeness (QED) is 0.583. The van der Waals surface area contributed by atoms with E-state index < -0.39 is 0 Å². The predicted molar refractivity (Wildman–Crippen MR) is 38.5 cm³/mol. The van der Waals surface area contributed by atoms with Crippen LogP contribution in [0.5, 0.6) is 0 Å². The normalized spacial score (nSPS) is 17.9. The molecule has 0 radical (unpaired) electrons. The average Bonchev–Trinajstić information content (AvgIpc) is 2.15. The van der Waals surface area contributed by atoms with Crippen LogP contribution in [-0.4, -0.2) is 11.9 Å². The van der Waals surface area contributed by atoms with Gasteiger partial charge in [-0.3, -0.25) is 4.79 Å². The molecule has 1 aliphatic rings. The molecule has 0 aromatic rings. The number of ketones is 1. The van der Waals surface area contributed by atoms with Crippen LogP contribution in [-0.2, 0) is 9.53 Å². The van der Waals surface area contributed by atoms with E-state index >= 15 is 0 Å². The van der Waals surface area contributed by atoms with E-state index in [4.69, 9.17) is 4.74 Å².